The molecule has 0 radical (unpaired) electrons. The van der Waals surface area contributed by atoms with Gasteiger partial charge in [-0.05, 0) is 48.9 Å². The Hall–Kier alpha value is -1.69. The standard InChI is InChI=1S/C19H20Cl2N4S/c1-4-25-18(13-8-10-14(11-9-13)24(2)3)22-23-19(25)26-12-15-16(20)6-5-7-17(15)21/h5-11H,4,12H2,1-3H3. The highest BCUT2D eigenvalue weighted by atomic mass is 35.5. The number of aromatic nitrogens is 3. The van der Waals surface area contributed by atoms with Crippen molar-refractivity contribution < 1.29 is 0 Å². The Morgan fingerprint density at radius 3 is 2.23 bits per heavy atom. The summed E-state index contributed by atoms with van der Waals surface area (Å²) in [6, 6.07) is 13.9. The molecule has 0 aliphatic heterocycles. The number of halogens is 2. The number of hydrogen-bond donors (Lipinski definition) is 0. The van der Waals surface area contributed by atoms with Crippen LogP contribution >= 0.6 is 35.0 Å². The van der Waals surface area contributed by atoms with E-state index >= 15 is 0 Å². The Kier molecular flexibility index (Phi) is 6.12. The fraction of sp³-hybridized carbons (Fsp3) is 0.263. The number of thioether (sulfide) groups is 1. The molecule has 3 rings (SSSR count). The summed E-state index contributed by atoms with van der Waals surface area (Å²) < 4.78 is 2.11. The average Bonchev–Trinajstić information content (AvgIpc) is 3.04. The molecule has 1 aromatic heterocycles. The third-order valence-electron chi connectivity index (χ3n) is 4.08. The van der Waals surface area contributed by atoms with Gasteiger partial charge in [0.1, 0.15) is 0 Å². The van der Waals surface area contributed by atoms with E-state index in [4.69, 9.17) is 23.2 Å². The molecule has 0 N–H and O–H groups in total. The summed E-state index contributed by atoms with van der Waals surface area (Å²) in [4.78, 5) is 2.07. The number of hydrogen-bond acceptors (Lipinski definition) is 4. The molecule has 4 nitrogen and oxygen atoms in total. The molecule has 1 heterocycles. The molecule has 3 aromatic rings. The molecule has 0 saturated carbocycles. The van der Waals surface area contributed by atoms with Crippen molar-refractivity contribution in [2.45, 2.75) is 24.4 Å². The molecule has 0 spiro atoms. The van der Waals surface area contributed by atoms with E-state index < -0.39 is 0 Å². The molecular formula is C19H20Cl2N4S. The van der Waals surface area contributed by atoms with Crippen LogP contribution in [-0.4, -0.2) is 28.9 Å². The van der Waals surface area contributed by atoms with Gasteiger partial charge in [0.05, 0.1) is 0 Å². The molecular weight excluding hydrogens is 387 g/mol. The molecule has 0 bridgehead atoms. The van der Waals surface area contributed by atoms with Crippen LogP contribution in [0.5, 0.6) is 0 Å². The first kappa shape index (κ1) is 19.1. The second-order valence-corrected chi connectivity index (χ2v) is 7.74. The van der Waals surface area contributed by atoms with Crippen LogP contribution in [0.2, 0.25) is 10.0 Å². The van der Waals surface area contributed by atoms with Gasteiger partial charge in [0, 0.05) is 47.7 Å². The van der Waals surface area contributed by atoms with Crippen molar-refractivity contribution in [2.24, 2.45) is 0 Å². The predicted molar refractivity (Wildman–Crippen MR) is 111 cm³/mol. The maximum Gasteiger partial charge on any atom is 0.191 e. The van der Waals surface area contributed by atoms with E-state index in [0.29, 0.717) is 15.8 Å². The minimum absolute atomic E-state index is 0.649. The molecule has 0 saturated heterocycles. The van der Waals surface area contributed by atoms with Gasteiger partial charge in [0.25, 0.3) is 0 Å². The summed E-state index contributed by atoms with van der Waals surface area (Å²) >= 11 is 14.1. The van der Waals surface area contributed by atoms with E-state index in [0.717, 1.165) is 34.3 Å². The Labute approximate surface area is 168 Å². The van der Waals surface area contributed by atoms with Gasteiger partial charge in [-0.3, -0.25) is 0 Å². The fourth-order valence-electron chi connectivity index (χ4n) is 2.61. The van der Waals surface area contributed by atoms with Crippen molar-refractivity contribution >= 4 is 40.7 Å². The molecule has 7 heteroatoms. The van der Waals surface area contributed by atoms with E-state index in [9.17, 15) is 0 Å². The van der Waals surface area contributed by atoms with Crippen LogP contribution < -0.4 is 4.90 Å². The maximum absolute atomic E-state index is 6.27. The van der Waals surface area contributed by atoms with Crippen LogP contribution in [-0.2, 0) is 12.3 Å². The van der Waals surface area contributed by atoms with Crippen molar-refractivity contribution in [3.05, 3.63) is 58.1 Å². The Bertz CT molecular complexity index is 871. The summed E-state index contributed by atoms with van der Waals surface area (Å²) in [6.07, 6.45) is 0. The molecule has 0 amide bonds. The van der Waals surface area contributed by atoms with Crippen molar-refractivity contribution in [3.63, 3.8) is 0 Å². The third kappa shape index (κ3) is 4.00. The zero-order valence-electron chi connectivity index (χ0n) is 14.9. The Morgan fingerprint density at radius 1 is 1.00 bits per heavy atom. The normalized spacial score (nSPS) is 11.0. The second kappa shape index (κ2) is 8.33. The van der Waals surface area contributed by atoms with Crippen LogP contribution in [0, 0.1) is 0 Å². The SMILES string of the molecule is CCn1c(SCc2c(Cl)cccc2Cl)nnc1-c1ccc(N(C)C)cc1. The topological polar surface area (TPSA) is 34.0 Å². The molecule has 0 aliphatic carbocycles. The minimum Gasteiger partial charge on any atom is -0.378 e. The van der Waals surface area contributed by atoms with Crippen molar-refractivity contribution in [1.29, 1.82) is 0 Å². The van der Waals surface area contributed by atoms with Gasteiger partial charge >= 0.3 is 0 Å². The minimum atomic E-state index is 0.649. The van der Waals surface area contributed by atoms with Crippen LogP contribution in [0.3, 0.4) is 0 Å². The molecule has 136 valence electrons. The molecule has 2 aromatic carbocycles. The first-order chi connectivity index (χ1) is 12.5. The summed E-state index contributed by atoms with van der Waals surface area (Å²) in [7, 11) is 4.05. The van der Waals surface area contributed by atoms with Gasteiger partial charge < -0.3 is 9.47 Å². The van der Waals surface area contributed by atoms with E-state index in [1.165, 1.54) is 0 Å². The number of anilines is 1. The van der Waals surface area contributed by atoms with E-state index in [1.807, 2.05) is 32.3 Å². The van der Waals surface area contributed by atoms with Crippen LogP contribution in [0.25, 0.3) is 11.4 Å². The lowest BCUT2D eigenvalue weighted by Gasteiger charge is -2.13. The highest BCUT2D eigenvalue weighted by Crippen LogP contribution is 2.32. The monoisotopic (exact) mass is 406 g/mol. The van der Waals surface area contributed by atoms with Crippen LogP contribution in [0.1, 0.15) is 12.5 Å². The molecule has 0 aliphatic rings. The van der Waals surface area contributed by atoms with Crippen molar-refractivity contribution in [3.8, 4) is 11.4 Å². The molecule has 26 heavy (non-hydrogen) atoms. The van der Waals surface area contributed by atoms with E-state index in [-0.39, 0.29) is 0 Å². The van der Waals surface area contributed by atoms with Crippen molar-refractivity contribution in [1.82, 2.24) is 14.8 Å². The molecule has 0 atom stereocenters. The Morgan fingerprint density at radius 2 is 1.65 bits per heavy atom. The third-order valence-corrected chi connectivity index (χ3v) is 5.78. The van der Waals surface area contributed by atoms with Crippen LogP contribution in [0.15, 0.2) is 47.6 Å². The lowest BCUT2D eigenvalue weighted by molar-refractivity contribution is 0.687. The predicted octanol–water partition coefficient (Wildman–Crippen LogP) is 5.63. The van der Waals surface area contributed by atoms with Gasteiger partial charge in [-0.1, -0.05) is 41.0 Å². The smallest absolute Gasteiger partial charge is 0.191 e. The first-order valence-corrected chi connectivity index (χ1v) is 10.0. The zero-order valence-corrected chi connectivity index (χ0v) is 17.2. The largest absolute Gasteiger partial charge is 0.378 e. The second-order valence-electron chi connectivity index (χ2n) is 5.98. The van der Waals surface area contributed by atoms with Gasteiger partial charge in [-0.15, -0.1) is 10.2 Å². The summed E-state index contributed by atoms with van der Waals surface area (Å²) in [5.74, 6) is 1.52. The highest BCUT2D eigenvalue weighted by molar-refractivity contribution is 7.98. The molecule has 0 fully saturated rings. The maximum atomic E-state index is 6.27. The number of benzene rings is 2. The Balaban J connectivity index is 1.84. The first-order valence-electron chi connectivity index (χ1n) is 8.28. The summed E-state index contributed by atoms with van der Waals surface area (Å²) in [6.45, 7) is 2.88. The quantitative estimate of drug-likeness (QED) is 0.496. The lowest BCUT2D eigenvalue weighted by Crippen LogP contribution is -2.08. The average molecular weight is 407 g/mol. The van der Waals surface area contributed by atoms with Gasteiger partial charge in [0.2, 0.25) is 0 Å². The van der Waals surface area contributed by atoms with Gasteiger partial charge in [-0.2, -0.15) is 0 Å². The highest BCUT2D eigenvalue weighted by Gasteiger charge is 2.15. The number of rotatable bonds is 6. The fourth-order valence-corrected chi connectivity index (χ4v) is 4.35. The number of nitrogens with zero attached hydrogens (tertiary/aromatic N) is 4. The van der Waals surface area contributed by atoms with E-state index in [2.05, 4.69) is 50.9 Å². The van der Waals surface area contributed by atoms with Crippen LogP contribution in [0.4, 0.5) is 5.69 Å². The zero-order chi connectivity index (χ0) is 18.7. The summed E-state index contributed by atoms with van der Waals surface area (Å²) in [5.41, 5.74) is 3.12. The van der Waals surface area contributed by atoms with Crippen molar-refractivity contribution in [2.75, 3.05) is 19.0 Å². The summed E-state index contributed by atoms with van der Waals surface area (Å²) in [5, 5.41) is 11.0. The lowest BCUT2D eigenvalue weighted by atomic mass is 10.2. The molecule has 0 unspecified atom stereocenters. The van der Waals surface area contributed by atoms with Gasteiger partial charge in [0.15, 0.2) is 11.0 Å². The van der Waals surface area contributed by atoms with E-state index in [1.54, 1.807) is 11.8 Å². The van der Waals surface area contributed by atoms with Gasteiger partial charge in [-0.25, -0.2) is 0 Å².